The zero-order valence-electron chi connectivity index (χ0n) is 8.62. The first-order valence-corrected chi connectivity index (χ1v) is 5.21. The van der Waals surface area contributed by atoms with Crippen LogP contribution in [0.3, 0.4) is 0 Å². The number of benzene rings is 1. The predicted octanol–water partition coefficient (Wildman–Crippen LogP) is 3.53. The summed E-state index contributed by atoms with van der Waals surface area (Å²) >= 11 is 3.27. The highest BCUT2D eigenvalue weighted by molar-refractivity contribution is 9.10. The van der Waals surface area contributed by atoms with Gasteiger partial charge in [0.2, 0.25) is 6.43 Å². The first-order chi connectivity index (χ1) is 7.04. The molecule has 1 aromatic carbocycles. The maximum absolute atomic E-state index is 12.2. The highest BCUT2D eigenvalue weighted by Gasteiger charge is 2.15. The molecule has 0 unspecified atom stereocenters. The van der Waals surface area contributed by atoms with Gasteiger partial charge in [-0.25, -0.2) is 8.78 Å². The molecule has 0 saturated carbocycles. The number of rotatable bonds is 4. The molecular weight excluding hydrogens is 303 g/mol. The Balaban J connectivity index is 0.00000225. The first kappa shape index (κ1) is 15.6. The molecule has 0 heterocycles. The van der Waals surface area contributed by atoms with E-state index in [0.717, 1.165) is 4.47 Å². The van der Waals surface area contributed by atoms with E-state index in [-0.39, 0.29) is 18.8 Å². The van der Waals surface area contributed by atoms with Gasteiger partial charge in [0.1, 0.15) is 5.75 Å². The lowest BCUT2D eigenvalue weighted by Gasteiger charge is -2.14. The van der Waals surface area contributed by atoms with E-state index in [1.807, 2.05) is 0 Å². The van der Waals surface area contributed by atoms with Gasteiger partial charge in [0.15, 0.2) is 0 Å². The SMILES string of the molecule is COc1ccc(Br)c([C@@H](N)CC(F)F)c1.Cl. The highest BCUT2D eigenvalue weighted by Crippen LogP contribution is 2.29. The average Bonchev–Trinajstić information content (AvgIpc) is 2.17. The second kappa shape index (κ2) is 7.04. The molecule has 0 fully saturated rings. The molecule has 0 saturated heterocycles. The molecule has 0 radical (unpaired) electrons. The van der Waals surface area contributed by atoms with Gasteiger partial charge in [0.25, 0.3) is 0 Å². The standard InChI is InChI=1S/C10H12BrF2NO.ClH/c1-15-6-2-3-8(11)7(4-6)9(14)5-10(12)13;/h2-4,9-10H,5,14H2,1H3;1H/t9-;/m0./s1. The molecule has 2 N–H and O–H groups in total. The molecule has 2 nitrogen and oxygen atoms in total. The van der Waals surface area contributed by atoms with Gasteiger partial charge < -0.3 is 10.5 Å². The summed E-state index contributed by atoms with van der Waals surface area (Å²) in [6.07, 6.45) is -2.76. The molecule has 92 valence electrons. The molecule has 0 aromatic heterocycles. The van der Waals surface area contributed by atoms with E-state index in [1.54, 1.807) is 18.2 Å². The van der Waals surface area contributed by atoms with E-state index in [1.165, 1.54) is 7.11 Å². The van der Waals surface area contributed by atoms with Gasteiger partial charge in [-0.15, -0.1) is 12.4 Å². The van der Waals surface area contributed by atoms with E-state index in [2.05, 4.69) is 15.9 Å². The van der Waals surface area contributed by atoms with Crippen LogP contribution >= 0.6 is 28.3 Å². The Labute approximate surface area is 108 Å². The van der Waals surface area contributed by atoms with Gasteiger partial charge in [-0.05, 0) is 23.8 Å². The van der Waals surface area contributed by atoms with Crippen molar-refractivity contribution < 1.29 is 13.5 Å². The first-order valence-electron chi connectivity index (χ1n) is 4.41. The third kappa shape index (κ3) is 4.23. The van der Waals surface area contributed by atoms with Crippen LogP contribution in [-0.2, 0) is 0 Å². The Kier molecular flexibility index (Phi) is 6.87. The van der Waals surface area contributed by atoms with Crippen LogP contribution < -0.4 is 10.5 Å². The van der Waals surface area contributed by atoms with Crippen molar-refractivity contribution in [1.82, 2.24) is 0 Å². The third-order valence-corrected chi connectivity index (χ3v) is 2.76. The van der Waals surface area contributed by atoms with Gasteiger partial charge in [0.05, 0.1) is 7.11 Å². The molecule has 0 bridgehead atoms. The van der Waals surface area contributed by atoms with Crippen LogP contribution in [0.2, 0.25) is 0 Å². The van der Waals surface area contributed by atoms with E-state index < -0.39 is 12.5 Å². The summed E-state index contributed by atoms with van der Waals surface area (Å²) in [5.74, 6) is 0.609. The lowest BCUT2D eigenvalue weighted by molar-refractivity contribution is 0.128. The normalized spacial score (nSPS) is 12.1. The van der Waals surface area contributed by atoms with E-state index >= 15 is 0 Å². The fourth-order valence-electron chi connectivity index (χ4n) is 1.25. The molecule has 16 heavy (non-hydrogen) atoms. The highest BCUT2D eigenvalue weighted by atomic mass is 79.9. The summed E-state index contributed by atoms with van der Waals surface area (Å²) in [4.78, 5) is 0. The Hall–Kier alpha value is -0.390. The molecule has 0 spiro atoms. The minimum atomic E-state index is -2.40. The smallest absolute Gasteiger partial charge is 0.240 e. The number of methoxy groups -OCH3 is 1. The molecular formula is C10H13BrClF2NO. The lowest BCUT2D eigenvalue weighted by Crippen LogP contribution is -2.14. The number of halogens is 4. The molecule has 1 rings (SSSR count). The van der Waals surface area contributed by atoms with Crippen molar-refractivity contribution in [2.45, 2.75) is 18.9 Å². The number of hydrogen-bond donors (Lipinski definition) is 1. The third-order valence-electron chi connectivity index (χ3n) is 2.03. The molecule has 0 aliphatic carbocycles. The van der Waals surface area contributed by atoms with Crippen molar-refractivity contribution in [2.75, 3.05) is 7.11 Å². The molecule has 6 heteroatoms. The van der Waals surface area contributed by atoms with Crippen molar-refractivity contribution in [1.29, 1.82) is 0 Å². The summed E-state index contributed by atoms with van der Waals surface area (Å²) in [6.45, 7) is 0. The van der Waals surface area contributed by atoms with Gasteiger partial charge in [-0.1, -0.05) is 15.9 Å². The minimum absolute atomic E-state index is 0. The van der Waals surface area contributed by atoms with Crippen molar-refractivity contribution in [3.05, 3.63) is 28.2 Å². The van der Waals surface area contributed by atoms with Crippen molar-refractivity contribution in [3.63, 3.8) is 0 Å². The minimum Gasteiger partial charge on any atom is -0.497 e. The number of alkyl halides is 2. The van der Waals surface area contributed by atoms with Crippen LogP contribution in [0.15, 0.2) is 22.7 Å². The Morgan fingerprint density at radius 1 is 1.44 bits per heavy atom. The second-order valence-electron chi connectivity index (χ2n) is 3.12. The van der Waals surface area contributed by atoms with E-state index in [4.69, 9.17) is 10.5 Å². The van der Waals surface area contributed by atoms with Crippen LogP contribution in [0.1, 0.15) is 18.0 Å². The quantitative estimate of drug-likeness (QED) is 0.922. The van der Waals surface area contributed by atoms with E-state index in [0.29, 0.717) is 11.3 Å². The molecule has 0 aliphatic heterocycles. The van der Waals surface area contributed by atoms with Crippen LogP contribution in [0.25, 0.3) is 0 Å². The predicted molar refractivity (Wildman–Crippen MR) is 65.5 cm³/mol. The van der Waals surface area contributed by atoms with Crippen LogP contribution in [-0.4, -0.2) is 13.5 Å². The number of ether oxygens (including phenoxy) is 1. The summed E-state index contributed by atoms with van der Waals surface area (Å²) < 4.78 is 30.0. The Morgan fingerprint density at radius 3 is 2.56 bits per heavy atom. The van der Waals surface area contributed by atoms with Crippen LogP contribution in [0, 0.1) is 0 Å². The summed E-state index contributed by atoms with van der Waals surface area (Å²) in [5, 5.41) is 0. The number of hydrogen-bond acceptors (Lipinski definition) is 2. The fourth-order valence-corrected chi connectivity index (χ4v) is 1.79. The van der Waals surface area contributed by atoms with Crippen molar-refractivity contribution in [3.8, 4) is 5.75 Å². The van der Waals surface area contributed by atoms with Gasteiger partial charge in [0, 0.05) is 16.9 Å². The van der Waals surface area contributed by atoms with Crippen molar-refractivity contribution in [2.24, 2.45) is 5.73 Å². The van der Waals surface area contributed by atoms with Gasteiger partial charge in [-0.2, -0.15) is 0 Å². The Morgan fingerprint density at radius 2 is 2.06 bits per heavy atom. The Bertz CT molecular complexity index is 339. The average molecular weight is 317 g/mol. The maximum atomic E-state index is 12.2. The zero-order chi connectivity index (χ0) is 11.4. The lowest BCUT2D eigenvalue weighted by atomic mass is 10.0. The molecule has 1 atom stereocenters. The molecule has 1 aromatic rings. The van der Waals surface area contributed by atoms with Crippen LogP contribution in [0.5, 0.6) is 5.75 Å². The van der Waals surface area contributed by atoms with Gasteiger partial charge in [-0.3, -0.25) is 0 Å². The van der Waals surface area contributed by atoms with Gasteiger partial charge >= 0.3 is 0 Å². The summed E-state index contributed by atoms with van der Waals surface area (Å²) in [7, 11) is 1.52. The van der Waals surface area contributed by atoms with Crippen molar-refractivity contribution >= 4 is 28.3 Å². The summed E-state index contributed by atoms with van der Waals surface area (Å²) in [6, 6.07) is 4.45. The monoisotopic (exact) mass is 315 g/mol. The van der Waals surface area contributed by atoms with Crippen LogP contribution in [0.4, 0.5) is 8.78 Å². The molecule has 0 aliphatic rings. The largest absolute Gasteiger partial charge is 0.497 e. The second-order valence-corrected chi connectivity index (χ2v) is 3.98. The topological polar surface area (TPSA) is 35.2 Å². The molecule has 0 amide bonds. The zero-order valence-corrected chi connectivity index (χ0v) is 11.0. The van der Waals surface area contributed by atoms with E-state index in [9.17, 15) is 8.78 Å². The summed E-state index contributed by atoms with van der Waals surface area (Å²) in [5.41, 5.74) is 6.29. The number of nitrogens with two attached hydrogens (primary N) is 1. The fraction of sp³-hybridized carbons (Fsp3) is 0.400. The maximum Gasteiger partial charge on any atom is 0.240 e.